The fraction of sp³-hybridized carbons (Fsp3) is 0.111. The van der Waals surface area contributed by atoms with Crippen molar-refractivity contribution in [2.75, 3.05) is 10.6 Å². The average molecular weight is 384 g/mol. The Hall–Kier alpha value is -3.20. The van der Waals surface area contributed by atoms with Crippen molar-refractivity contribution < 1.29 is 8.78 Å². The second-order valence-corrected chi connectivity index (χ2v) is 6.32. The van der Waals surface area contributed by atoms with E-state index in [2.05, 4.69) is 29.3 Å². The molecular formula is C18H14F2N6S. The first kappa shape index (κ1) is 17.2. The van der Waals surface area contributed by atoms with Gasteiger partial charge in [0.25, 0.3) is 0 Å². The molecule has 4 aromatic rings. The molecule has 2 aromatic carbocycles. The van der Waals surface area contributed by atoms with Gasteiger partial charge < -0.3 is 10.6 Å². The molecule has 2 aromatic heterocycles. The topological polar surface area (TPSA) is 75.6 Å². The number of nitrogens with zero attached hydrogens (tertiary/aromatic N) is 4. The van der Waals surface area contributed by atoms with Crippen molar-refractivity contribution >= 4 is 34.7 Å². The molecule has 4 rings (SSSR count). The summed E-state index contributed by atoms with van der Waals surface area (Å²) in [5, 5.41) is 6.39. The van der Waals surface area contributed by atoms with Crippen molar-refractivity contribution in [2.24, 2.45) is 0 Å². The molecule has 2 heterocycles. The standard InChI is InChI=1S/C18H14F2N6S/c19-13-5-1-11(2-6-13)9-21-15-16(24-18-17(23-15)25-27-26-18)22-10-12-3-7-14(20)8-4-12/h1-8H,9-10H2,(H,21,23,25)(H,22,24,26). The van der Waals surface area contributed by atoms with Crippen LogP contribution in [-0.2, 0) is 13.1 Å². The fourth-order valence-electron chi connectivity index (χ4n) is 2.46. The van der Waals surface area contributed by atoms with E-state index in [1.54, 1.807) is 24.3 Å². The van der Waals surface area contributed by atoms with E-state index >= 15 is 0 Å². The maximum atomic E-state index is 13.0. The molecule has 0 fully saturated rings. The smallest absolute Gasteiger partial charge is 0.214 e. The normalized spacial score (nSPS) is 10.9. The third-order valence-corrected chi connectivity index (χ3v) is 4.37. The summed E-state index contributed by atoms with van der Waals surface area (Å²) in [5.74, 6) is 0.466. The molecule has 0 saturated carbocycles. The van der Waals surface area contributed by atoms with Crippen LogP contribution < -0.4 is 10.6 Å². The molecule has 0 radical (unpaired) electrons. The van der Waals surface area contributed by atoms with Crippen LogP contribution in [-0.4, -0.2) is 18.7 Å². The Morgan fingerprint density at radius 1 is 0.667 bits per heavy atom. The van der Waals surface area contributed by atoms with E-state index in [4.69, 9.17) is 0 Å². The third kappa shape index (κ3) is 4.14. The van der Waals surface area contributed by atoms with Crippen LogP contribution in [0.5, 0.6) is 0 Å². The Morgan fingerprint density at radius 2 is 1.07 bits per heavy atom. The van der Waals surface area contributed by atoms with E-state index in [0.717, 1.165) is 22.9 Å². The monoisotopic (exact) mass is 384 g/mol. The number of anilines is 2. The maximum absolute atomic E-state index is 13.0. The molecule has 0 bridgehead atoms. The zero-order valence-corrected chi connectivity index (χ0v) is 14.8. The Labute approximate surface area is 157 Å². The summed E-state index contributed by atoms with van der Waals surface area (Å²) in [6, 6.07) is 12.4. The highest BCUT2D eigenvalue weighted by molar-refractivity contribution is 6.99. The van der Waals surface area contributed by atoms with Crippen LogP contribution >= 0.6 is 11.7 Å². The zero-order chi connectivity index (χ0) is 18.6. The Morgan fingerprint density at radius 3 is 1.48 bits per heavy atom. The minimum atomic E-state index is -0.282. The number of hydrogen-bond acceptors (Lipinski definition) is 7. The molecule has 0 spiro atoms. The van der Waals surface area contributed by atoms with Gasteiger partial charge in [0.1, 0.15) is 11.6 Å². The summed E-state index contributed by atoms with van der Waals surface area (Å²) in [7, 11) is 0. The van der Waals surface area contributed by atoms with Crippen molar-refractivity contribution in [1.82, 2.24) is 18.7 Å². The van der Waals surface area contributed by atoms with Crippen LogP contribution in [0.25, 0.3) is 11.3 Å². The highest BCUT2D eigenvalue weighted by Gasteiger charge is 2.11. The number of fused-ring (bicyclic) bond motifs is 1. The van der Waals surface area contributed by atoms with E-state index in [-0.39, 0.29) is 11.6 Å². The van der Waals surface area contributed by atoms with Gasteiger partial charge in [0, 0.05) is 13.1 Å². The molecule has 0 saturated heterocycles. The Bertz CT molecular complexity index is 966. The lowest BCUT2D eigenvalue weighted by molar-refractivity contribution is 0.626. The second kappa shape index (κ2) is 7.58. The lowest BCUT2D eigenvalue weighted by atomic mass is 10.2. The van der Waals surface area contributed by atoms with Gasteiger partial charge in [-0.05, 0) is 35.4 Å². The maximum Gasteiger partial charge on any atom is 0.214 e. The van der Waals surface area contributed by atoms with Gasteiger partial charge in [0.2, 0.25) is 11.3 Å². The Kier molecular flexibility index (Phi) is 4.84. The van der Waals surface area contributed by atoms with Crippen molar-refractivity contribution in [2.45, 2.75) is 13.1 Å². The van der Waals surface area contributed by atoms with Crippen molar-refractivity contribution in [1.29, 1.82) is 0 Å². The number of nitrogens with one attached hydrogen (secondary N) is 2. The first-order valence-electron chi connectivity index (χ1n) is 8.14. The zero-order valence-electron chi connectivity index (χ0n) is 14.0. The van der Waals surface area contributed by atoms with E-state index in [9.17, 15) is 8.78 Å². The predicted molar refractivity (Wildman–Crippen MR) is 100 cm³/mol. The van der Waals surface area contributed by atoms with Crippen LogP contribution in [0.4, 0.5) is 20.4 Å². The van der Waals surface area contributed by atoms with Gasteiger partial charge in [-0.1, -0.05) is 24.3 Å². The lowest BCUT2D eigenvalue weighted by Gasteiger charge is -2.12. The molecule has 0 aliphatic rings. The molecule has 136 valence electrons. The number of aromatic nitrogens is 4. The van der Waals surface area contributed by atoms with Gasteiger partial charge in [-0.15, -0.1) is 0 Å². The molecular weight excluding hydrogens is 370 g/mol. The third-order valence-electron chi connectivity index (χ3n) is 3.86. The summed E-state index contributed by atoms with van der Waals surface area (Å²) in [5.41, 5.74) is 2.71. The van der Waals surface area contributed by atoms with E-state index in [0.29, 0.717) is 36.0 Å². The summed E-state index contributed by atoms with van der Waals surface area (Å²) in [6.45, 7) is 0.895. The number of halogens is 2. The quantitative estimate of drug-likeness (QED) is 0.524. The van der Waals surface area contributed by atoms with Crippen LogP contribution in [0.1, 0.15) is 11.1 Å². The van der Waals surface area contributed by atoms with Crippen LogP contribution in [0.15, 0.2) is 48.5 Å². The summed E-state index contributed by atoms with van der Waals surface area (Å²) < 4.78 is 34.3. The first-order valence-corrected chi connectivity index (χ1v) is 8.87. The number of benzene rings is 2. The van der Waals surface area contributed by atoms with Gasteiger partial charge in [0.15, 0.2) is 11.6 Å². The number of hydrogen-bond donors (Lipinski definition) is 2. The lowest BCUT2D eigenvalue weighted by Crippen LogP contribution is -2.09. The molecule has 27 heavy (non-hydrogen) atoms. The summed E-state index contributed by atoms with van der Waals surface area (Å²) >= 11 is 1.04. The summed E-state index contributed by atoms with van der Waals surface area (Å²) in [6.07, 6.45) is 0. The molecule has 0 amide bonds. The first-order chi connectivity index (χ1) is 13.2. The van der Waals surface area contributed by atoms with Crippen molar-refractivity contribution in [3.05, 3.63) is 71.3 Å². The predicted octanol–water partition coefficient (Wildman–Crippen LogP) is 3.98. The highest BCUT2D eigenvalue weighted by Crippen LogP contribution is 2.22. The fourth-order valence-corrected chi connectivity index (χ4v) is 2.90. The molecule has 9 heteroatoms. The molecule has 2 N–H and O–H groups in total. The van der Waals surface area contributed by atoms with Crippen molar-refractivity contribution in [3.63, 3.8) is 0 Å². The van der Waals surface area contributed by atoms with Gasteiger partial charge in [-0.3, -0.25) is 0 Å². The van der Waals surface area contributed by atoms with Crippen LogP contribution in [0.3, 0.4) is 0 Å². The molecule has 0 aliphatic heterocycles. The van der Waals surface area contributed by atoms with Gasteiger partial charge in [-0.2, -0.15) is 8.75 Å². The second-order valence-electron chi connectivity index (χ2n) is 5.79. The number of rotatable bonds is 6. The van der Waals surface area contributed by atoms with Crippen LogP contribution in [0, 0.1) is 11.6 Å². The van der Waals surface area contributed by atoms with Crippen LogP contribution in [0.2, 0.25) is 0 Å². The largest absolute Gasteiger partial charge is 0.363 e. The minimum Gasteiger partial charge on any atom is -0.363 e. The summed E-state index contributed by atoms with van der Waals surface area (Å²) in [4.78, 5) is 8.92. The van der Waals surface area contributed by atoms with Gasteiger partial charge in [0.05, 0.1) is 11.7 Å². The van der Waals surface area contributed by atoms with E-state index in [1.807, 2.05) is 0 Å². The van der Waals surface area contributed by atoms with Crippen molar-refractivity contribution in [3.8, 4) is 0 Å². The Balaban J connectivity index is 1.54. The van der Waals surface area contributed by atoms with Gasteiger partial charge in [-0.25, -0.2) is 18.7 Å². The minimum absolute atomic E-state index is 0.282. The molecule has 0 atom stereocenters. The van der Waals surface area contributed by atoms with Gasteiger partial charge >= 0.3 is 0 Å². The molecule has 0 unspecified atom stereocenters. The van der Waals surface area contributed by atoms with E-state index < -0.39 is 0 Å². The SMILES string of the molecule is Fc1ccc(CNc2nc3nsnc3nc2NCc2ccc(F)cc2)cc1. The average Bonchev–Trinajstić information content (AvgIpc) is 3.14. The highest BCUT2D eigenvalue weighted by atomic mass is 32.1. The molecule has 6 nitrogen and oxygen atoms in total. The van der Waals surface area contributed by atoms with E-state index in [1.165, 1.54) is 24.3 Å². The molecule has 0 aliphatic carbocycles.